The van der Waals surface area contributed by atoms with E-state index in [4.69, 9.17) is 9.47 Å². The summed E-state index contributed by atoms with van der Waals surface area (Å²) < 4.78 is 11.0. The maximum Gasteiger partial charge on any atom is 0.119 e. The summed E-state index contributed by atoms with van der Waals surface area (Å²) in [5, 5.41) is 10.1. The van der Waals surface area contributed by atoms with Crippen molar-refractivity contribution >= 4 is 6.08 Å². The zero-order valence-electron chi connectivity index (χ0n) is 13.6. The third-order valence-electron chi connectivity index (χ3n) is 3.52. The molecule has 1 saturated heterocycles. The number of morpholine rings is 1. The first kappa shape index (κ1) is 17.0. The summed E-state index contributed by atoms with van der Waals surface area (Å²) in [5.41, 5.74) is 1.07. The minimum Gasteiger partial charge on any atom is -0.493 e. The van der Waals surface area contributed by atoms with Crippen molar-refractivity contribution in [1.82, 2.24) is 4.90 Å². The van der Waals surface area contributed by atoms with Crippen molar-refractivity contribution in [3.63, 3.8) is 0 Å². The van der Waals surface area contributed by atoms with Crippen LogP contribution in [-0.2, 0) is 4.74 Å². The number of hydrogen-bond donors (Lipinski definition) is 1. The first-order valence-electron chi connectivity index (χ1n) is 8.02. The molecule has 0 spiro atoms. The summed E-state index contributed by atoms with van der Waals surface area (Å²) in [6.07, 6.45) is 3.35. The molecule has 2 rings (SSSR count). The second-order valence-corrected chi connectivity index (χ2v) is 6.11. The van der Waals surface area contributed by atoms with E-state index >= 15 is 0 Å². The molecular weight excluding hydrogens is 278 g/mol. The van der Waals surface area contributed by atoms with Gasteiger partial charge in [-0.05, 0) is 23.6 Å². The number of aliphatic hydroxyl groups is 1. The van der Waals surface area contributed by atoms with Gasteiger partial charge >= 0.3 is 0 Å². The van der Waals surface area contributed by atoms with E-state index in [0.717, 1.165) is 44.2 Å². The Labute approximate surface area is 133 Å². The Hall–Kier alpha value is -1.36. The third-order valence-corrected chi connectivity index (χ3v) is 3.52. The van der Waals surface area contributed by atoms with Gasteiger partial charge in [0.15, 0.2) is 0 Å². The van der Waals surface area contributed by atoms with Crippen LogP contribution in [0.15, 0.2) is 30.3 Å². The fourth-order valence-electron chi connectivity index (χ4n) is 2.27. The van der Waals surface area contributed by atoms with Crippen molar-refractivity contribution in [3.05, 3.63) is 35.9 Å². The molecule has 1 heterocycles. The van der Waals surface area contributed by atoms with Gasteiger partial charge < -0.3 is 14.6 Å². The highest BCUT2D eigenvalue weighted by atomic mass is 16.5. The van der Waals surface area contributed by atoms with Crippen LogP contribution < -0.4 is 4.74 Å². The Balaban J connectivity index is 1.78. The fraction of sp³-hybridized carbons (Fsp3) is 0.556. The predicted octanol–water partition coefficient (Wildman–Crippen LogP) is 2.43. The number of β-amino-alcohol motifs (C(OH)–C–C–N with tert-alkyl or cyclic N) is 1. The van der Waals surface area contributed by atoms with E-state index in [1.165, 1.54) is 0 Å². The van der Waals surface area contributed by atoms with E-state index < -0.39 is 6.10 Å². The summed E-state index contributed by atoms with van der Waals surface area (Å²) in [4.78, 5) is 2.22. The smallest absolute Gasteiger partial charge is 0.119 e. The average Bonchev–Trinajstić information content (AvgIpc) is 2.53. The minimum absolute atomic E-state index is 0.449. The van der Waals surface area contributed by atoms with Gasteiger partial charge in [-0.25, -0.2) is 0 Å². The van der Waals surface area contributed by atoms with Gasteiger partial charge in [0.1, 0.15) is 5.75 Å². The number of benzene rings is 1. The molecule has 1 atom stereocenters. The molecule has 0 aliphatic carbocycles. The Bertz CT molecular complexity index is 450. The van der Waals surface area contributed by atoms with Crippen LogP contribution in [0.2, 0.25) is 0 Å². The third kappa shape index (κ3) is 6.18. The van der Waals surface area contributed by atoms with E-state index in [2.05, 4.69) is 18.7 Å². The van der Waals surface area contributed by atoms with Crippen LogP contribution >= 0.6 is 0 Å². The average molecular weight is 305 g/mol. The Morgan fingerprint density at radius 2 is 1.91 bits per heavy atom. The van der Waals surface area contributed by atoms with Gasteiger partial charge in [-0.3, -0.25) is 4.90 Å². The van der Waals surface area contributed by atoms with Gasteiger partial charge in [-0.2, -0.15) is 0 Å². The molecule has 22 heavy (non-hydrogen) atoms. The summed E-state index contributed by atoms with van der Waals surface area (Å²) in [7, 11) is 0. The lowest BCUT2D eigenvalue weighted by molar-refractivity contribution is 0.0223. The van der Waals surface area contributed by atoms with Crippen LogP contribution in [-0.4, -0.2) is 55.6 Å². The number of rotatable bonds is 7. The lowest BCUT2D eigenvalue weighted by atomic mass is 10.1. The van der Waals surface area contributed by atoms with Crippen LogP contribution in [0.4, 0.5) is 0 Å². The topological polar surface area (TPSA) is 41.9 Å². The molecule has 0 aromatic heterocycles. The summed E-state index contributed by atoms with van der Waals surface area (Å²) >= 11 is 0. The molecular formula is C18H27NO3. The van der Waals surface area contributed by atoms with Gasteiger partial charge in [0, 0.05) is 19.6 Å². The normalized spacial score (nSPS) is 18.0. The second-order valence-electron chi connectivity index (χ2n) is 6.11. The standard InChI is InChI=1S/C18H27NO3/c1-15(2)14-22-18-7-4-16(5-8-18)3-6-17(20)13-19-9-11-21-12-10-19/h3-8,15,17,20H,9-14H2,1-2H3/b6-3-. The molecule has 4 heteroatoms. The van der Waals surface area contributed by atoms with Crippen molar-refractivity contribution in [2.75, 3.05) is 39.5 Å². The summed E-state index contributed by atoms with van der Waals surface area (Å²) in [5.74, 6) is 1.41. The van der Waals surface area contributed by atoms with Gasteiger partial charge in [0.25, 0.3) is 0 Å². The number of ether oxygens (including phenoxy) is 2. The Morgan fingerprint density at radius 1 is 1.23 bits per heavy atom. The fourth-order valence-corrected chi connectivity index (χ4v) is 2.27. The number of hydrogen-bond acceptors (Lipinski definition) is 4. The highest BCUT2D eigenvalue weighted by molar-refractivity contribution is 5.51. The van der Waals surface area contributed by atoms with E-state index in [9.17, 15) is 5.11 Å². The van der Waals surface area contributed by atoms with Crippen LogP contribution in [0, 0.1) is 5.92 Å². The van der Waals surface area contributed by atoms with Gasteiger partial charge in [0.2, 0.25) is 0 Å². The zero-order chi connectivity index (χ0) is 15.8. The molecule has 122 valence electrons. The van der Waals surface area contributed by atoms with Crippen LogP contribution in [0.5, 0.6) is 5.75 Å². The van der Waals surface area contributed by atoms with Crippen molar-refractivity contribution in [1.29, 1.82) is 0 Å². The molecule has 1 aliphatic heterocycles. The largest absolute Gasteiger partial charge is 0.493 e. The molecule has 1 aromatic rings. The molecule has 0 radical (unpaired) electrons. The maximum atomic E-state index is 10.1. The molecule has 1 aromatic carbocycles. The van der Waals surface area contributed by atoms with Crippen LogP contribution in [0.3, 0.4) is 0 Å². The molecule has 1 fully saturated rings. The van der Waals surface area contributed by atoms with Gasteiger partial charge in [0.05, 0.1) is 25.9 Å². The Kier molecular flexibility index (Phi) is 6.90. The first-order chi connectivity index (χ1) is 10.6. The minimum atomic E-state index is -0.449. The van der Waals surface area contributed by atoms with Crippen LogP contribution in [0.25, 0.3) is 6.08 Å². The molecule has 1 aliphatic rings. The van der Waals surface area contributed by atoms with Gasteiger partial charge in [-0.15, -0.1) is 0 Å². The monoisotopic (exact) mass is 305 g/mol. The summed E-state index contributed by atoms with van der Waals surface area (Å²) in [6.45, 7) is 8.96. The lowest BCUT2D eigenvalue weighted by Crippen LogP contribution is -2.40. The van der Waals surface area contributed by atoms with Gasteiger partial charge in [-0.1, -0.05) is 38.1 Å². The maximum absolute atomic E-state index is 10.1. The zero-order valence-corrected chi connectivity index (χ0v) is 13.6. The van der Waals surface area contributed by atoms with E-state index in [0.29, 0.717) is 12.5 Å². The van der Waals surface area contributed by atoms with Crippen molar-refractivity contribution in [2.45, 2.75) is 20.0 Å². The first-order valence-corrected chi connectivity index (χ1v) is 8.02. The van der Waals surface area contributed by atoms with Crippen LogP contribution in [0.1, 0.15) is 19.4 Å². The quantitative estimate of drug-likeness (QED) is 0.840. The highest BCUT2D eigenvalue weighted by Gasteiger charge is 2.12. The van der Waals surface area contributed by atoms with E-state index in [1.54, 1.807) is 0 Å². The molecule has 0 saturated carbocycles. The number of nitrogens with zero attached hydrogens (tertiary/aromatic N) is 1. The SMILES string of the molecule is CC(C)COc1ccc(/C=C\C(O)CN2CCOCC2)cc1. The van der Waals surface area contributed by atoms with Crippen molar-refractivity contribution in [3.8, 4) is 5.75 Å². The second kappa shape index (κ2) is 8.93. The Morgan fingerprint density at radius 3 is 2.55 bits per heavy atom. The number of aliphatic hydroxyl groups excluding tert-OH is 1. The molecule has 1 N–H and O–H groups in total. The molecule has 1 unspecified atom stereocenters. The highest BCUT2D eigenvalue weighted by Crippen LogP contribution is 2.14. The molecule has 0 bridgehead atoms. The van der Waals surface area contributed by atoms with E-state index in [-0.39, 0.29) is 0 Å². The van der Waals surface area contributed by atoms with Crippen molar-refractivity contribution in [2.24, 2.45) is 5.92 Å². The molecule has 0 amide bonds. The van der Waals surface area contributed by atoms with Crippen molar-refractivity contribution < 1.29 is 14.6 Å². The predicted molar refractivity (Wildman–Crippen MR) is 89.1 cm³/mol. The summed E-state index contributed by atoms with van der Waals surface area (Å²) in [6, 6.07) is 7.95. The molecule has 4 nitrogen and oxygen atoms in total. The van der Waals surface area contributed by atoms with E-state index in [1.807, 2.05) is 36.4 Å². The lowest BCUT2D eigenvalue weighted by Gasteiger charge is -2.27.